The Labute approximate surface area is 266 Å². The average Bonchev–Trinajstić information content (AvgIpc) is 3.34. The fourth-order valence-electron chi connectivity index (χ4n) is 5.65. The fraction of sp³-hybridized carbons (Fsp3) is 0.257. The van der Waals surface area contributed by atoms with E-state index in [-0.39, 0.29) is 11.8 Å². The van der Waals surface area contributed by atoms with Crippen molar-refractivity contribution in [2.45, 2.75) is 12.6 Å². The van der Waals surface area contributed by atoms with Crippen LogP contribution in [0.5, 0.6) is 0 Å². The first-order valence-corrected chi connectivity index (χ1v) is 14.9. The summed E-state index contributed by atoms with van der Waals surface area (Å²) in [4.78, 5) is 23.9. The van der Waals surface area contributed by atoms with E-state index < -0.39 is 11.7 Å². The zero-order valence-electron chi connectivity index (χ0n) is 26.5. The van der Waals surface area contributed by atoms with Gasteiger partial charge in [-0.3, -0.25) is 0 Å². The molecular weight excluding hydrogens is 589 g/mol. The number of nitrogens with zero attached hydrogens (tertiary/aromatic N) is 6. The molecule has 3 aliphatic heterocycles. The number of hydrogen-bond donors (Lipinski definition) is 2. The third-order valence-electron chi connectivity index (χ3n) is 8.22. The molecule has 8 nitrogen and oxygen atoms in total. The third-order valence-corrected chi connectivity index (χ3v) is 8.22. The van der Waals surface area contributed by atoms with Crippen LogP contribution in [-0.4, -0.2) is 65.5 Å². The quantitative estimate of drug-likeness (QED) is 0.298. The molecule has 3 aromatic rings. The molecule has 0 saturated heterocycles. The van der Waals surface area contributed by atoms with Crippen LogP contribution in [0.3, 0.4) is 0 Å². The summed E-state index contributed by atoms with van der Waals surface area (Å²) in [6, 6.07) is 17.2. The number of amidine groups is 3. The van der Waals surface area contributed by atoms with Gasteiger partial charge in [-0.25, -0.2) is 20.0 Å². The van der Waals surface area contributed by atoms with Crippen LogP contribution < -0.4 is 20.4 Å². The molecule has 11 heteroatoms. The van der Waals surface area contributed by atoms with E-state index in [0.717, 1.165) is 51.6 Å². The van der Waals surface area contributed by atoms with Gasteiger partial charge in [0.05, 0.1) is 22.9 Å². The Bertz CT molecular complexity index is 1820. The lowest BCUT2D eigenvalue weighted by Gasteiger charge is -2.21. The van der Waals surface area contributed by atoms with Gasteiger partial charge >= 0.3 is 6.18 Å². The molecule has 0 aromatic heterocycles. The summed E-state index contributed by atoms with van der Waals surface area (Å²) in [6.07, 6.45) is 0.247. The number of fused-ring (bicyclic) bond motifs is 1. The smallest absolute Gasteiger partial charge is 0.388 e. The van der Waals surface area contributed by atoms with Gasteiger partial charge in [-0.1, -0.05) is 12.1 Å². The molecule has 0 fully saturated rings. The average molecular weight is 625 g/mol. The SMILES string of the molecule is CNc1cc(N(C)C)ccc1C1=CC2=CC(c3ccc(N(C)C)cc3NC)=NC3=NC(c4ccc(C(F)(F)F)cc4)=NC(=N1)C3C2. The molecular formula is C35H35F3N8. The Morgan fingerprint density at radius 2 is 1.28 bits per heavy atom. The maximum Gasteiger partial charge on any atom is 0.416 e. The highest BCUT2D eigenvalue weighted by molar-refractivity contribution is 6.27. The van der Waals surface area contributed by atoms with Crippen LogP contribution in [0, 0.1) is 5.92 Å². The molecule has 1 unspecified atom stereocenters. The maximum atomic E-state index is 13.3. The highest BCUT2D eigenvalue weighted by Crippen LogP contribution is 2.37. The van der Waals surface area contributed by atoms with E-state index in [1.807, 2.05) is 76.4 Å². The van der Waals surface area contributed by atoms with Crippen molar-refractivity contribution in [3.8, 4) is 0 Å². The number of allylic oxidation sites excluding steroid dienone is 3. The second kappa shape index (κ2) is 12.0. The highest BCUT2D eigenvalue weighted by atomic mass is 19.4. The number of alkyl halides is 3. The van der Waals surface area contributed by atoms with Crippen molar-refractivity contribution in [3.63, 3.8) is 0 Å². The lowest BCUT2D eigenvalue weighted by Crippen LogP contribution is -2.28. The molecule has 2 bridgehead atoms. The van der Waals surface area contributed by atoms with Crippen molar-refractivity contribution >= 4 is 51.7 Å². The lowest BCUT2D eigenvalue weighted by molar-refractivity contribution is -0.137. The first-order valence-electron chi connectivity index (χ1n) is 14.9. The summed E-state index contributed by atoms with van der Waals surface area (Å²) in [5.41, 5.74) is 7.82. The largest absolute Gasteiger partial charge is 0.416 e. The van der Waals surface area contributed by atoms with Gasteiger partial charge in [0.1, 0.15) is 11.7 Å². The van der Waals surface area contributed by atoms with Crippen LogP contribution in [0.15, 0.2) is 98.4 Å². The molecule has 236 valence electrons. The highest BCUT2D eigenvalue weighted by Gasteiger charge is 2.34. The van der Waals surface area contributed by atoms with Gasteiger partial charge < -0.3 is 20.4 Å². The predicted molar refractivity (Wildman–Crippen MR) is 184 cm³/mol. The molecule has 46 heavy (non-hydrogen) atoms. The monoisotopic (exact) mass is 624 g/mol. The molecule has 2 N–H and O–H groups in total. The van der Waals surface area contributed by atoms with Gasteiger partial charge in [0.25, 0.3) is 0 Å². The summed E-state index contributed by atoms with van der Waals surface area (Å²) in [7, 11) is 11.7. The zero-order valence-corrected chi connectivity index (χ0v) is 26.5. The number of rotatable bonds is 7. The molecule has 0 amide bonds. The molecule has 3 aliphatic rings. The number of benzene rings is 3. The normalized spacial score (nSPS) is 17.3. The van der Waals surface area contributed by atoms with E-state index in [4.69, 9.17) is 20.0 Å². The van der Waals surface area contributed by atoms with Gasteiger partial charge in [-0.05, 0) is 72.7 Å². The fourth-order valence-corrected chi connectivity index (χ4v) is 5.65. The second-order valence-corrected chi connectivity index (χ2v) is 11.7. The molecule has 3 heterocycles. The third kappa shape index (κ3) is 5.92. The van der Waals surface area contributed by atoms with E-state index >= 15 is 0 Å². The summed E-state index contributed by atoms with van der Waals surface area (Å²) in [6.45, 7) is 0. The van der Waals surface area contributed by atoms with Crippen LogP contribution in [0.1, 0.15) is 28.7 Å². The van der Waals surface area contributed by atoms with Crippen molar-refractivity contribution in [2.24, 2.45) is 25.9 Å². The van der Waals surface area contributed by atoms with E-state index in [0.29, 0.717) is 35.1 Å². The predicted octanol–water partition coefficient (Wildman–Crippen LogP) is 6.97. The van der Waals surface area contributed by atoms with E-state index in [9.17, 15) is 13.2 Å². The van der Waals surface area contributed by atoms with E-state index in [1.54, 1.807) is 0 Å². The summed E-state index contributed by atoms with van der Waals surface area (Å²) >= 11 is 0. The Balaban J connectivity index is 1.56. The number of aliphatic imine (C=N–C) groups is 4. The molecule has 0 spiro atoms. The number of halogens is 3. The van der Waals surface area contributed by atoms with Crippen molar-refractivity contribution < 1.29 is 13.2 Å². The van der Waals surface area contributed by atoms with Crippen LogP contribution in [0.4, 0.5) is 35.9 Å². The van der Waals surface area contributed by atoms with Crippen LogP contribution >= 0.6 is 0 Å². The van der Waals surface area contributed by atoms with E-state index in [1.165, 1.54) is 12.1 Å². The Morgan fingerprint density at radius 1 is 0.696 bits per heavy atom. The molecule has 3 aromatic carbocycles. The molecule has 0 saturated carbocycles. The van der Waals surface area contributed by atoms with Crippen molar-refractivity contribution in [1.29, 1.82) is 0 Å². The van der Waals surface area contributed by atoms with Gasteiger partial charge in [0.2, 0.25) is 0 Å². The van der Waals surface area contributed by atoms with Crippen LogP contribution in [-0.2, 0) is 6.18 Å². The van der Waals surface area contributed by atoms with Gasteiger partial charge in [0.15, 0.2) is 5.84 Å². The van der Waals surface area contributed by atoms with Crippen molar-refractivity contribution in [3.05, 3.63) is 101 Å². The molecule has 0 radical (unpaired) electrons. The molecule has 1 atom stereocenters. The second-order valence-electron chi connectivity index (χ2n) is 11.7. The first-order chi connectivity index (χ1) is 21.9. The van der Waals surface area contributed by atoms with E-state index in [2.05, 4.69) is 34.9 Å². The summed E-state index contributed by atoms with van der Waals surface area (Å²) < 4.78 is 40.0. The first kappa shape index (κ1) is 30.8. The van der Waals surface area contributed by atoms with Gasteiger partial charge in [0, 0.05) is 81.7 Å². The van der Waals surface area contributed by atoms with Crippen molar-refractivity contribution in [1.82, 2.24) is 0 Å². The van der Waals surface area contributed by atoms with Gasteiger partial charge in [-0.15, -0.1) is 0 Å². The standard InChI is InChI=1S/C35H35F3N8/c1-39-28-18-23(45(3)4)11-13-25(28)30-16-20-15-27-33(41-30)43-32(21-7-9-22(10-8-21)35(36,37)38)44-34(27)42-31(17-20)26-14-12-24(46(5)6)19-29(26)40-2/h7-14,16-19,27,39-40H,15H2,1-6H3. The number of nitrogens with one attached hydrogen (secondary N) is 2. The summed E-state index contributed by atoms with van der Waals surface area (Å²) in [5.74, 6) is 0.944. The molecule has 0 aliphatic carbocycles. The minimum absolute atomic E-state index is 0.264. The number of anilines is 4. The van der Waals surface area contributed by atoms with Crippen molar-refractivity contribution in [2.75, 3.05) is 62.7 Å². The van der Waals surface area contributed by atoms with Crippen LogP contribution in [0.2, 0.25) is 0 Å². The maximum absolute atomic E-state index is 13.3. The summed E-state index contributed by atoms with van der Waals surface area (Å²) in [5, 5.41) is 6.62. The molecule has 6 rings (SSSR count). The Morgan fingerprint density at radius 3 is 1.87 bits per heavy atom. The zero-order chi connectivity index (χ0) is 32.7. The minimum atomic E-state index is -4.45. The Hall–Kier alpha value is -5.19. The Kier molecular flexibility index (Phi) is 8.01. The minimum Gasteiger partial charge on any atom is -0.388 e. The number of hydrogen-bond acceptors (Lipinski definition) is 8. The lowest BCUT2D eigenvalue weighted by atomic mass is 9.95. The van der Waals surface area contributed by atoms with Gasteiger partial charge in [-0.2, -0.15) is 13.2 Å². The topological polar surface area (TPSA) is 80.0 Å². The van der Waals surface area contributed by atoms with Crippen LogP contribution in [0.25, 0.3) is 5.70 Å².